The number of nitrogens with zero attached hydrogens (tertiary/aromatic N) is 2. The van der Waals surface area contributed by atoms with E-state index in [1.165, 1.54) is 13.2 Å². The molecule has 132 valence electrons. The zero-order valence-corrected chi connectivity index (χ0v) is 14.3. The van der Waals surface area contributed by atoms with Crippen LogP contribution in [-0.4, -0.2) is 23.3 Å². The SMILES string of the molecule is COc1ccc(-c2ccc(NC(=O)Nc3ccc(C)c(F)c3)cc2)nn1. The molecule has 26 heavy (non-hydrogen) atoms. The molecule has 2 amide bonds. The summed E-state index contributed by atoms with van der Waals surface area (Å²) in [5, 5.41) is 13.3. The minimum atomic E-state index is -0.453. The minimum Gasteiger partial charge on any atom is -0.480 e. The fourth-order valence-corrected chi connectivity index (χ4v) is 2.27. The van der Waals surface area contributed by atoms with E-state index in [4.69, 9.17) is 4.74 Å². The molecule has 1 heterocycles. The molecular formula is C19H17FN4O2. The number of carbonyl (C=O) groups is 1. The first-order valence-corrected chi connectivity index (χ1v) is 7.87. The molecule has 2 aromatic carbocycles. The number of methoxy groups -OCH3 is 1. The Balaban J connectivity index is 1.64. The molecule has 0 saturated heterocycles. The predicted octanol–water partition coefficient (Wildman–Crippen LogP) is 4.24. The maximum atomic E-state index is 13.5. The molecule has 0 unspecified atom stereocenters. The van der Waals surface area contributed by atoms with Crippen LogP contribution in [0.2, 0.25) is 0 Å². The van der Waals surface area contributed by atoms with Gasteiger partial charge in [0, 0.05) is 23.0 Å². The number of benzene rings is 2. The van der Waals surface area contributed by atoms with Crippen LogP contribution < -0.4 is 15.4 Å². The summed E-state index contributed by atoms with van der Waals surface area (Å²) in [5.41, 5.74) is 3.05. The predicted molar refractivity (Wildman–Crippen MR) is 97.8 cm³/mol. The topological polar surface area (TPSA) is 76.1 Å². The number of anilines is 2. The first-order chi connectivity index (χ1) is 12.5. The second-order valence-electron chi connectivity index (χ2n) is 5.58. The van der Waals surface area contributed by atoms with Crippen LogP contribution in [-0.2, 0) is 0 Å². The molecule has 0 spiro atoms. The van der Waals surface area contributed by atoms with Gasteiger partial charge in [0.05, 0.1) is 12.8 Å². The van der Waals surface area contributed by atoms with E-state index in [1.54, 1.807) is 43.3 Å². The van der Waals surface area contributed by atoms with E-state index in [-0.39, 0.29) is 5.82 Å². The highest BCUT2D eigenvalue weighted by molar-refractivity contribution is 5.99. The average molecular weight is 352 g/mol. The van der Waals surface area contributed by atoms with E-state index in [0.29, 0.717) is 28.5 Å². The van der Waals surface area contributed by atoms with Gasteiger partial charge >= 0.3 is 6.03 Å². The van der Waals surface area contributed by atoms with Gasteiger partial charge < -0.3 is 15.4 Å². The Kier molecular flexibility index (Phi) is 5.07. The van der Waals surface area contributed by atoms with Crippen LogP contribution in [0.3, 0.4) is 0 Å². The number of halogens is 1. The van der Waals surface area contributed by atoms with Crippen molar-refractivity contribution < 1.29 is 13.9 Å². The second-order valence-corrected chi connectivity index (χ2v) is 5.58. The zero-order valence-electron chi connectivity index (χ0n) is 14.3. The third-order valence-corrected chi connectivity index (χ3v) is 3.72. The Morgan fingerprint density at radius 2 is 1.65 bits per heavy atom. The fraction of sp³-hybridized carbons (Fsp3) is 0.105. The van der Waals surface area contributed by atoms with Crippen LogP contribution in [0.5, 0.6) is 5.88 Å². The van der Waals surface area contributed by atoms with Gasteiger partial charge in [-0.25, -0.2) is 9.18 Å². The van der Waals surface area contributed by atoms with Crippen LogP contribution >= 0.6 is 0 Å². The molecule has 0 bridgehead atoms. The van der Waals surface area contributed by atoms with Gasteiger partial charge in [0.1, 0.15) is 5.82 Å². The number of urea groups is 1. The molecule has 3 rings (SSSR count). The molecule has 7 heteroatoms. The lowest BCUT2D eigenvalue weighted by atomic mass is 10.1. The zero-order chi connectivity index (χ0) is 18.5. The van der Waals surface area contributed by atoms with Crippen molar-refractivity contribution in [2.75, 3.05) is 17.7 Å². The lowest BCUT2D eigenvalue weighted by Gasteiger charge is -2.09. The molecule has 0 aliphatic heterocycles. The summed E-state index contributed by atoms with van der Waals surface area (Å²) in [7, 11) is 1.53. The van der Waals surface area contributed by atoms with Crippen LogP contribution in [0, 0.1) is 12.7 Å². The van der Waals surface area contributed by atoms with Gasteiger partial charge in [-0.1, -0.05) is 18.2 Å². The van der Waals surface area contributed by atoms with Crippen LogP contribution in [0.25, 0.3) is 11.3 Å². The molecule has 0 aliphatic carbocycles. The summed E-state index contributed by atoms with van der Waals surface area (Å²) < 4.78 is 18.5. The van der Waals surface area contributed by atoms with E-state index in [9.17, 15) is 9.18 Å². The Morgan fingerprint density at radius 1 is 0.962 bits per heavy atom. The number of aromatic nitrogens is 2. The quantitative estimate of drug-likeness (QED) is 0.736. The van der Waals surface area contributed by atoms with Crippen molar-refractivity contribution in [3.8, 4) is 17.1 Å². The normalized spacial score (nSPS) is 10.3. The maximum absolute atomic E-state index is 13.5. The molecular weight excluding hydrogens is 335 g/mol. The smallest absolute Gasteiger partial charge is 0.323 e. The summed E-state index contributed by atoms with van der Waals surface area (Å²) in [4.78, 5) is 12.0. The molecule has 3 aromatic rings. The molecule has 0 fully saturated rings. The molecule has 2 N–H and O–H groups in total. The number of ether oxygens (including phenoxy) is 1. The van der Waals surface area contributed by atoms with E-state index >= 15 is 0 Å². The van der Waals surface area contributed by atoms with E-state index in [2.05, 4.69) is 20.8 Å². The number of hydrogen-bond acceptors (Lipinski definition) is 4. The standard InChI is InChI=1S/C19H17FN4O2/c1-12-3-6-15(11-16(12)20)22-19(25)21-14-7-4-13(5-8-14)17-9-10-18(26-2)24-23-17/h3-11H,1-2H3,(H2,21,22,25). The number of hydrogen-bond donors (Lipinski definition) is 2. The fourth-order valence-electron chi connectivity index (χ4n) is 2.27. The number of rotatable bonds is 4. The number of aryl methyl sites for hydroxylation is 1. The molecule has 0 saturated carbocycles. The van der Waals surface area contributed by atoms with Crippen molar-refractivity contribution in [1.29, 1.82) is 0 Å². The summed E-state index contributed by atoms with van der Waals surface area (Å²) >= 11 is 0. The summed E-state index contributed by atoms with van der Waals surface area (Å²) in [5.74, 6) is 0.0732. The van der Waals surface area contributed by atoms with E-state index in [1.807, 2.05) is 12.1 Å². The Morgan fingerprint density at radius 3 is 2.27 bits per heavy atom. The van der Waals surface area contributed by atoms with Crippen molar-refractivity contribution in [3.63, 3.8) is 0 Å². The average Bonchev–Trinajstić information content (AvgIpc) is 2.65. The van der Waals surface area contributed by atoms with Crippen molar-refractivity contribution >= 4 is 17.4 Å². The van der Waals surface area contributed by atoms with Crippen molar-refractivity contribution in [1.82, 2.24) is 10.2 Å². The molecule has 1 aromatic heterocycles. The maximum Gasteiger partial charge on any atom is 0.323 e. The first-order valence-electron chi connectivity index (χ1n) is 7.87. The van der Waals surface area contributed by atoms with Crippen LogP contribution in [0.15, 0.2) is 54.6 Å². The monoisotopic (exact) mass is 352 g/mol. The molecule has 0 atom stereocenters. The van der Waals surface area contributed by atoms with Crippen LogP contribution in [0.4, 0.5) is 20.6 Å². The highest BCUT2D eigenvalue weighted by atomic mass is 19.1. The largest absolute Gasteiger partial charge is 0.480 e. The van der Waals surface area contributed by atoms with Gasteiger partial charge in [-0.15, -0.1) is 10.2 Å². The summed E-state index contributed by atoms with van der Waals surface area (Å²) in [6.07, 6.45) is 0. The molecule has 0 aliphatic rings. The van der Waals surface area contributed by atoms with Gasteiger partial charge in [-0.3, -0.25) is 0 Å². The van der Waals surface area contributed by atoms with Crippen molar-refractivity contribution in [3.05, 3.63) is 66.0 Å². The second kappa shape index (κ2) is 7.60. The van der Waals surface area contributed by atoms with E-state index in [0.717, 1.165) is 5.56 Å². The molecule has 0 radical (unpaired) electrons. The number of amides is 2. The van der Waals surface area contributed by atoms with Gasteiger partial charge in [0.25, 0.3) is 0 Å². The lowest BCUT2D eigenvalue weighted by Crippen LogP contribution is -2.19. The van der Waals surface area contributed by atoms with Gasteiger partial charge in [0.15, 0.2) is 0 Å². The third kappa shape index (κ3) is 4.13. The number of carbonyl (C=O) groups excluding carboxylic acids is 1. The highest BCUT2D eigenvalue weighted by Gasteiger charge is 2.06. The Labute approximate surface area is 150 Å². The summed E-state index contributed by atoms with van der Waals surface area (Å²) in [6.45, 7) is 1.66. The van der Waals surface area contributed by atoms with Crippen molar-refractivity contribution in [2.45, 2.75) is 6.92 Å². The molecule has 6 nitrogen and oxygen atoms in total. The first kappa shape index (κ1) is 17.3. The van der Waals surface area contributed by atoms with Crippen molar-refractivity contribution in [2.24, 2.45) is 0 Å². The summed E-state index contributed by atoms with van der Waals surface area (Å²) in [6, 6.07) is 14.7. The number of nitrogens with one attached hydrogen (secondary N) is 2. The van der Waals surface area contributed by atoms with Crippen LogP contribution in [0.1, 0.15) is 5.56 Å². The Hall–Kier alpha value is -3.48. The third-order valence-electron chi connectivity index (χ3n) is 3.72. The highest BCUT2D eigenvalue weighted by Crippen LogP contribution is 2.20. The minimum absolute atomic E-state index is 0.368. The van der Waals surface area contributed by atoms with Gasteiger partial charge in [-0.2, -0.15) is 0 Å². The Bertz CT molecular complexity index is 912. The lowest BCUT2D eigenvalue weighted by molar-refractivity contribution is 0.262. The van der Waals surface area contributed by atoms with Gasteiger partial charge in [0.2, 0.25) is 5.88 Å². The van der Waals surface area contributed by atoms with E-state index < -0.39 is 6.03 Å². The van der Waals surface area contributed by atoms with Gasteiger partial charge in [-0.05, 0) is 42.8 Å².